The van der Waals surface area contributed by atoms with Gasteiger partial charge < -0.3 is 24.6 Å². The van der Waals surface area contributed by atoms with E-state index in [9.17, 15) is 4.79 Å². The van der Waals surface area contributed by atoms with Crippen LogP contribution in [0.5, 0.6) is 0 Å². The lowest BCUT2D eigenvalue weighted by Gasteiger charge is -2.29. The molecule has 0 aromatic carbocycles. The van der Waals surface area contributed by atoms with Crippen molar-refractivity contribution in [2.75, 3.05) is 26.9 Å². The average Bonchev–Trinajstić information content (AvgIpc) is 2.99. The first-order valence-corrected chi connectivity index (χ1v) is 8.08. The zero-order chi connectivity index (χ0) is 16.7. The van der Waals surface area contributed by atoms with Crippen LogP contribution in [0.2, 0.25) is 0 Å². The molecular formula is C15H26N4O4. The van der Waals surface area contributed by atoms with Crippen LogP contribution < -0.4 is 10.6 Å². The van der Waals surface area contributed by atoms with Crippen LogP contribution in [0.3, 0.4) is 0 Å². The Morgan fingerprint density at radius 3 is 2.70 bits per heavy atom. The number of aromatic nitrogens is 2. The van der Waals surface area contributed by atoms with Crippen LogP contribution in [0.25, 0.3) is 0 Å². The summed E-state index contributed by atoms with van der Waals surface area (Å²) < 4.78 is 15.8. The molecular weight excluding hydrogens is 300 g/mol. The van der Waals surface area contributed by atoms with Gasteiger partial charge in [0.1, 0.15) is 6.04 Å². The van der Waals surface area contributed by atoms with Gasteiger partial charge in [-0.3, -0.25) is 0 Å². The highest BCUT2D eigenvalue weighted by atomic mass is 16.5. The quantitative estimate of drug-likeness (QED) is 0.789. The smallest absolute Gasteiger partial charge is 0.315 e. The van der Waals surface area contributed by atoms with E-state index in [0.717, 1.165) is 19.3 Å². The molecule has 0 radical (unpaired) electrons. The van der Waals surface area contributed by atoms with Gasteiger partial charge in [0.05, 0.1) is 12.6 Å². The van der Waals surface area contributed by atoms with Gasteiger partial charge in [0.25, 0.3) is 0 Å². The summed E-state index contributed by atoms with van der Waals surface area (Å²) in [5.74, 6) is 1.23. The van der Waals surface area contributed by atoms with E-state index in [0.29, 0.717) is 31.5 Å². The highest BCUT2D eigenvalue weighted by molar-refractivity contribution is 5.74. The first-order chi connectivity index (χ1) is 11.1. The van der Waals surface area contributed by atoms with Gasteiger partial charge in [-0.2, -0.15) is 4.98 Å². The number of hydrogen-bond acceptors (Lipinski definition) is 6. The summed E-state index contributed by atoms with van der Waals surface area (Å²) in [5, 5.41) is 9.74. The number of hydrogen-bond donors (Lipinski definition) is 2. The second kappa shape index (κ2) is 8.83. The fourth-order valence-corrected chi connectivity index (χ4v) is 2.70. The third-order valence-corrected chi connectivity index (χ3v) is 4.03. The topological polar surface area (TPSA) is 98.5 Å². The third-order valence-electron chi connectivity index (χ3n) is 4.03. The van der Waals surface area contributed by atoms with E-state index < -0.39 is 0 Å². The second-order valence-corrected chi connectivity index (χ2v) is 5.79. The maximum absolute atomic E-state index is 12.3. The minimum absolute atomic E-state index is 0.0280. The molecule has 130 valence electrons. The first kappa shape index (κ1) is 17.7. The molecule has 1 aliphatic heterocycles. The molecule has 8 heteroatoms. The number of carbonyl (C=O) groups is 1. The Balaban J connectivity index is 2.03. The van der Waals surface area contributed by atoms with Crippen LogP contribution in [0.15, 0.2) is 4.52 Å². The van der Waals surface area contributed by atoms with E-state index in [2.05, 4.69) is 20.8 Å². The van der Waals surface area contributed by atoms with Crippen LogP contribution in [0, 0.1) is 12.8 Å². The SMILES string of the molecule is CC[C@H](COC)NC(=O)N[C@H](c1nc(C)no1)C1CCOCC1. The van der Waals surface area contributed by atoms with Gasteiger partial charge in [0, 0.05) is 20.3 Å². The Labute approximate surface area is 136 Å². The van der Waals surface area contributed by atoms with Crippen molar-refractivity contribution in [3.8, 4) is 0 Å². The predicted octanol–water partition coefficient (Wildman–Crippen LogP) is 1.57. The highest BCUT2D eigenvalue weighted by Crippen LogP contribution is 2.29. The van der Waals surface area contributed by atoms with Crippen LogP contribution in [0.4, 0.5) is 4.79 Å². The number of carbonyl (C=O) groups excluding carboxylic acids is 1. The zero-order valence-corrected chi connectivity index (χ0v) is 14.0. The summed E-state index contributed by atoms with van der Waals surface area (Å²) in [6.07, 6.45) is 2.49. The van der Waals surface area contributed by atoms with Gasteiger partial charge in [0.15, 0.2) is 5.82 Å². The maximum atomic E-state index is 12.3. The fraction of sp³-hybridized carbons (Fsp3) is 0.800. The van der Waals surface area contributed by atoms with E-state index >= 15 is 0 Å². The third kappa shape index (κ3) is 5.18. The largest absolute Gasteiger partial charge is 0.383 e. The van der Waals surface area contributed by atoms with Gasteiger partial charge in [-0.1, -0.05) is 12.1 Å². The van der Waals surface area contributed by atoms with E-state index in [-0.39, 0.29) is 24.0 Å². The Bertz CT molecular complexity index is 488. The molecule has 1 aromatic rings. The summed E-state index contributed by atoms with van der Waals surface area (Å²) in [6, 6.07) is -0.582. The van der Waals surface area contributed by atoms with Crippen molar-refractivity contribution in [1.29, 1.82) is 0 Å². The molecule has 0 spiro atoms. The molecule has 1 saturated heterocycles. The first-order valence-electron chi connectivity index (χ1n) is 8.08. The number of methoxy groups -OCH3 is 1. The molecule has 23 heavy (non-hydrogen) atoms. The molecule has 0 bridgehead atoms. The molecule has 0 saturated carbocycles. The number of aryl methyl sites for hydroxylation is 1. The molecule has 0 aliphatic carbocycles. The lowest BCUT2D eigenvalue weighted by atomic mass is 9.91. The standard InChI is InChI=1S/C15H26N4O4/c1-4-12(9-21-3)17-15(20)18-13(11-5-7-22-8-6-11)14-16-10(2)19-23-14/h11-13H,4-9H2,1-3H3,(H2,17,18,20)/t12-,13+/m1/s1. The fourth-order valence-electron chi connectivity index (χ4n) is 2.70. The van der Waals surface area contributed by atoms with E-state index in [1.165, 1.54) is 0 Å². The summed E-state index contributed by atoms with van der Waals surface area (Å²) in [5.41, 5.74) is 0. The van der Waals surface area contributed by atoms with Crippen LogP contribution in [-0.2, 0) is 9.47 Å². The van der Waals surface area contributed by atoms with E-state index in [4.69, 9.17) is 14.0 Å². The number of urea groups is 1. The Hall–Kier alpha value is -1.67. The molecule has 1 aliphatic rings. The average molecular weight is 326 g/mol. The second-order valence-electron chi connectivity index (χ2n) is 5.79. The van der Waals surface area contributed by atoms with Crippen molar-refractivity contribution in [3.63, 3.8) is 0 Å². The van der Waals surface area contributed by atoms with Crippen LogP contribution in [-0.4, -0.2) is 49.1 Å². The molecule has 8 nitrogen and oxygen atoms in total. The monoisotopic (exact) mass is 326 g/mol. The van der Waals surface area contributed by atoms with Gasteiger partial charge in [-0.15, -0.1) is 0 Å². The minimum atomic E-state index is -0.305. The molecule has 2 heterocycles. The maximum Gasteiger partial charge on any atom is 0.315 e. The van der Waals surface area contributed by atoms with Gasteiger partial charge in [-0.25, -0.2) is 4.79 Å². The number of amides is 2. The minimum Gasteiger partial charge on any atom is -0.383 e. The van der Waals surface area contributed by atoms with Crippen LogP contribution in [0.1, 0.15) is 43.9 Å². The van der Waals surface area contributed by atoms with Crippen molar-refractivity contribution in [1.82, 2.24) is 20.8 Å². The van der Waals surface area contributed by atoms with E-state index in [1.807, 2.05) is 6.92 Å². The van der Waals surface area contributed by atoms with Gasteiger partial charge >= 0.3 is 6.03 Å². The van der Waals surface area contributed by atoms with Crippen molar-refractivity contribution < 1.29 is 18.8 Å². The Morgan fingerprint density at radius 1 is 1.39 bits per heavy atom. The molecule has 2 rings (SSSR count). The summed E-state index contributed by atoms with van der Waals surface area (Å²) >= 11 is 0. The molecule has 1 aromatic heterocycles. The molecule has 1 fully saturated rings. The molecule has 2 amide bonds. The van der Waals surface area contributed by atoms with Crippen LogP contribution >= 0.6 is 0 Å². The van der Waals surface area contributed by atoms with E-state index in [1.54, 1.807) is 14.0 Å². The lowest BCUT2D eigenvalue weighted by Crippen LogP contribution is -2.47. The van der Waals surface area contributed by atoms with Crippen molar-refractivity contribution >= 4 is 6.03 Å². The number of rotatable bonds is 7. The number of nitrogens with zero attached hydrogens (tertiary/aromatic N) is 2. The van der Waals surface area contributed by atoms with Gasteiger partial charge in [-0.05, 0) is 32.1 Å². The number of ether oxygens (including phenoxy) is 2. The molecule has 0 unspecified atom stereocenters. The molecule has 2 atom stereocenters. The lowest BCUT2D eigenvalue weighted by molar-refractivity contribution is 0.0501. The summed E-state index contributed by atoms with van der Waals surface area (Å²) in [6.45, 7) is 5.60. The normalized spacial score (nSPS) is 18.4. The Kier molecular flexibility index (Phi) is 6.79. The van der Waals surface area contributed by atoms with Crippen molar-refractivity contribution in [2.24, 2.45) is 5.92 Å². The molecule has 2 N–H and O–H groups in total. The Morgan fingerprint density at radius 2 is 2.13 bits per heavy atom. The zero-order valence-electron chi connectivity index (χ0n) is 14.0. The summed E-state index contributed by atoms with van der Waals surface area (Å²) in [4.78, 5) is 16.6. The summed E-state index contributed by atoms with van der Waals surface area (Å²) in [7, 11) is 1.62. The number of nitrogens with one attached hydrogen (secondary N) is 2. The predicted molar refractivity (Wildman–Crippen MR) is 82.9 cm³/mol. The van der Waals surface area contributed by atoms with Crippen molar-refractivity contribution in [2.45, 2.75) is 45.2 Å². The highest BCUT2D eigenvalue weighted by Gasteiger charge is 2.31. The van der Waals surface area contributed by atoms with Crippen molar-refractivity contribution in [3.05, 3.63) is 11.7 Å². The van der Waals surface area contributed by atoms with Gasteiger partial charge in [0.2, 0.25) is 5.89 Å².